The molecular weight excluding hydrogens is 410 g/mol. The lowest BCUT2D eigenvalue weighted by Crippen LogP contribution is -2.36. The van der Waals surface area contributed by atoms with Crippen LogP contribution in [0, 0.1) is 13.8 Å². The van der Waals surface area contributed by atoms with Crippen molar-refractivity contribution in [3.8, 4) is 5.69 Å². The van der Waals surface area contributed by atoms with Crippen LogP contribution in [0.1, 0.15) is 21.7 Å². The van der Waals surface area contributed by atoms with Crippen molar-refractivity contribution in [3.63, 3.8) is 0 Å². The van der Waals surface area contributed by atoms with E-state index < -0.39 is 0 Å². The lowest BCUT2D eigenvalue weighted by Gasteiger charge is -2.25. The van der Waals surface area contributed by atoms with Crippen LogP contribution in [0.2, 0.25) is 0 Å². The second-order valence-electron chi connectivity index (χ2n) is 7.53. The number of rotatable bonds is 4. The van der Waals surface area contributed by atoms with E-state index in [4.69, 9.17) is 9.72 Å². The van der Waals surface area contributed by atoms with Crippen LogP contribution < -0.4 is 10.2 Å². The van der Waals surface area contributed by atoms with Crippen molar-refractivity contribution in [2.45, 2.75) is 13.8 Å². The monoisotopic (exact) mass is 433 g/mol. The van der Waals surface area contributed by atoms with Gasteiger partial charge in [-0.2, -0.15) is 5.10 Å². The molecule has 2 aromatic heterocycles. The molecule has 1 amide bonds. The van der Waals surface area contributed by atoms with E-state index in [0.717, 1.165) is 58.7 Å². The quantitative estimate of drug-likeness (QED) is 0.523. The topological polar surface area (TPSA) is 72.3 Å². The summed E-state index contributed by atoms with van der Waals surface area (Å²) in [5.41, 5.74) is 4.74. The van der Waals surface area contributed by atoms with Crippen LogP contribution in [0.5, 0.6) is 0 Å². The Labute approximate surface area is 184 Å². The predicted octanol–water partition coefficient (Wildman–Crippen LogP) is 4.19. The number of nitrogens with one attached hydrogen (secondary N) is 1. The zero-order valence-electron chi connectivity index (χ0n) is 17.5. The molecule has 1 aliphatic rings. The Morgan fingerprint density at radius 1 is 1.10 bits per heavy atom. The van der Waals surface area contributed by atoms with Gasteiger partial charge in [0.05, 0.1) is 46.1 Å². The van der Waals surface area contributed by atoms with Gasteiger partial charge in [0, 0.05) is 18.8 Å². The normalized spacial score (nSPS) is 14.2. The second-order valence-corrected chi connectivity index (χ2v) is 8.53. The maximum absolute atomic E-state index is 13.1. The molecule has 5 rings (SSSR count). The summed E-state index contributed by atoms with van der Waals surface area (Å²) in [4.78, 5) is 20.1. The summed E-state index contributed by atoms with van der Waals surface area (Å²) in [5, 5.41) is 8.62. The van der Waals surface area contributed by atoms with E-state index in [0.29, 0.717) is 11.3 Å². The highest BCUT2D eigenvalue weighted by Crippen LogP contribution is 2.31. The van der Waals surface area contributed by atoms with Gasteiger partial charge in [-0.3, -0.25) is 4.79 Å². The first-order valence-electron chi connectivity index (χ1n) is 10.3. The first-order valence-corrected chi connectivity index (χ1v) is 11.1. The summed E-state index contributed by atoms with van der Waals surface area (Å²) in [6, 6.07) is 15.7. The van der Waals surface area contributed by atoms with Crippen molar-refractivity contribution in [1.29, 1.82) is 0 Å². The molecule has 7 nitrogen and oxygen atoms in total. The number of para-hydroxylation sites is 1. The first kappa shape index (κ1) is 19.7. The molecule has 2 aromatic carbocycles. The summed E-state index contributed by atoms with van der Waals surface area (Å²) in [6.45, 7) is 6.95. The van der Waals surface area contributed by atoms with Crippen molar-refractivity contribution >= 4 is 38.3 Å². The van der Waals surface area contributed by atoms with Gasteiger partial charge in [-0.05, 0) is 44.2 Å². The van der Waals surface area contributed by atoms with Crippen LogP contribution in [0.15, 0.2) is 48.5 Å². The molecule has 158 valence electrons. The Hall–Kier alpha value is -3.23. The molecule has 0 aliphatic carbocycles. The number of hydrogen-bond donors (Lipinski definition) is 1. The number of morpholine rings is 1. The van der Waals surface area contributed by atoms with E-state index in [1.807, 2.05) is 67.1 Å². The van der Waals surface area contributed by atoms with E-state index in [1.165, 1.54) is 0 Å². The number of thiazole rings is 1. The molecular formula is C23H23N5O2S. The molecule has 1 fully saturated rings. The Kier molecular flexibility index (Phi) is 5.17. The van der Waals surface area contributed by atoms with Gasteiger partial charge in [-0.1, -0.05) is 29.5 Å². The SMILES string of the molecule is Cc1nn(-c2ccccc2)c(C)c1C(=O)Nc1ccc2nc(N3CCOCC3)sc2c1. The number of aromatic nitrogens is 3. The Morgan fingerprint density at radius 3 is 2.65 bits per heavy atom. The fraction of sp³-hybridized carbons (Fsp3) is 0.261. The molecule has 8 heteroatoms. The number of hydrogen-bond acceptors (Lipinski definition) is 6. The number of fused-ring (bicyclic) bond motifs is 1. The molecule has 1 N–H and O–H groups in total. The average Bonchev–Trinajstić information content (AvgIpc) is 3.35. The second kappa shape index (κ2) is 8.13. The highest BCUT2D eigenvalue weighted by Gasteiger charge is 2.20. The van der Waals surface area contributed by atoms with Crippen LogP contribution in [0.25, 0.3) is 15.9 Å². The molecule has 0 saturated carbocycles. The average molecular weight is 434 g/mol. The number of benzene rings is 2. The third-order valence-electron chi connectivity index (χ3n) is 5.44. The number of aryl methyl sites for hydroxylation is 1. The van der Waals surface area contributed by atoms with Crippen molar-refractivity contribution in [2.75, 3.05) is 36.5 Å². The summed E-state index contributed by atoms with van der Waals surface area (Å²) in [6.07, 6.45) is 0. The smallest absolute Gasteiger partial charge is 0.259 e. The number of carbonyl (C=O) groups excluding carboxylic acids is 1. The lowest BCUT2D eigenvalue weighted by molar-refractivity contribution is 0.102. The predicted molar refractivity (Wildman–Crippen MR) is 124 cm³/mol. The number of amides is 1. The molecule has 0 spiro atoms. The zero-order chi connectivity index (χ0) is 21.4. The molecule has 31 heavy (non-hydrogen) atoms. The summed E-state index contributed by atoms with van der Waals surface area (Å²) < 4.78 is 8.29. The van der Waals surface area contributed by atoms with Crippen LogP contribution >= 0.6 is 11.3 Å². The molecule has 0 unspecified atom stereocenters. The van der Waals surface area contributed by atoms with Crippen molar-refractivity contribution in [3.05, 3.63) is 65.5 Å². The van der Waals surface area contributed by atoms with Crippen LogP contribution in [-0.2, 0) is 4.74 Å². The number of nitrogens with zero attached hydrogens (tertiary/aromatic N) is 4. The van der Waals surface area contributed by atoms with Crippen LogP contribution in [0.3, 0.4) is 0 Å². The molecule has 0 radical (unpaired) electrons. The summed E-state index contributed by atoms with van der Waals surface area (Å²) in [5.74, 6) is -0.158. The third kappa shape index (κ3) is 3.80. The molecule has 0 atom stereocenters. The first-order chi connectivity index (χ1) is 15.1. The Morgan fingerprint density at radius 2 is 1.87 bits per heavy atom. The van der Waals surface area contributed by atoms with E-state index in [2.05, 4.69) is 15.3 Å². The van der Waals surface area contributed by atoms with Crippen LogP contribution in [-0.4, -0.2) is 47.0 Å². The minimum atomic E-state index is -0.158. The van der Waals surface area contributed by atoms with E-state index in [9.17, 15) is 4.79 Å². The van der Waals surface area contributed by atoms with Gasteiger partial charge < -0.3 is 15.0 Å². The van der Waals surface area contributed by atoms with Gasteiger partial charge in [0.2, 0.25) is 0 Å². The Bertz CT molecular complexity index is 1240. The van der Waals surface area contributed by atoms with Gasteiger partial charge >= 0.3 is 0 Å². The molecule has 4 aromatic rings. The van der Waals surface area contributed by atoms with Crippen LogP contribution in [0.4, 0.5) is 10.8 Å². The minimum Gasteiger partial charge on any atom is -0.378 e. The number of carbonyl (C=O) groups is 1. The summed E-state index contributed by atoms with van der Waals surface area (Å²) >= 11 is 1.64. The summed E-state index contributed by atoms with van der Waals surface area (Å²) in [7, 11) is 0. The zero-order valence-corrected chi connectivity index (χ0v) is 18.3. The fourth-order valence-corrected chi connectivity index (χ4v) is 4.92. The van der Waals surface area contributed by atoms with E-state index >= 15 is 0 Å². The molecule has 0 bridgehead atoms. The van der Waals surface area contributed by atoms with Crippen molar-refractivity contribution < 1.29 is 9.53 Å². The van der Waals surface area contributed by atoms with Gasteiger partial charge in [0.15, 0.2) is 5.13 Å². The van der Waals surface area contributed by atoms with Gasteiger partial charge in [-0.25, -0.2) is 9.67 Å². The molecule has 1 saturated heterocycles. The highest BCUT2D eigenvalue weighted by molar-refractivity contribution is 7.22. The highest BCUT2D eigenvalue weighted by atomic mass is 32.1. The minimum absolute atomic E-state index is 0.158. The van der Waals surface area contributed by atoms with Crippen molar-refractivity contribution in [1.82, 2.24) is 14.8 Å². The fourth-order valence-electron chi connectivity index (χ4n) is 3.87. The maximum atomic E-state index is 13.1. The van der Waals surface area contributed by atoms with Gasteiger partial charge in [0.1, 0.15) is 0 Å². The Balaban J connectivity index is 1.39. The lowest BCUT2D eigenvalue weighted by atomic mass is 10.1. The third-order valence-corrected chi connectivity index (χ3v) is 6.51. The van der Waals surface area contributed by atoms with Gasteiger partial charge in [-0.15, -0.1) is 0 Å². The maximum Gasteiger partial charge on any atom is 0.259 e. The number of ether oxygens (including phenoxy) is 1. The molecule has 1 aliphatic heterocycles. The van der Waals surface area contributed by atoms with Gasteiger partial charge in [0.25, 0.3) is 5.91 Å². The number of anilines is 2. The standard InChI is InChI=1S/C23H23N5O2S/c1-15-21(16(2)28(26-15)18-6-4-3-5-7-18)22(29)24-17-8-9-19-20(14-17)31-23(25-19)27-10-12-30-13-11-27/h3-9,14H,10-13H2,1-2H3,(H,24,29). The van der Waals surface area contributed by atoms with E-state index in [-0.39, 0.29) is 5.91 Å². The van der Waals surface area contributed by atoms with E-state index in [1.54, 1.807) is 11.3 Å². The largest absolute Gasteiger partial charge is 0.378 e. The van der Waals surface area contributed by atoms with Crippen molar-refractivity contribution in [2.24, 2.45) is 0 Å². The molecule has 3 heterocycles.